The highest BCUT2D eigenvalue weighted by Gasteiger charge is 2.18. The van der Waals surface area contributed by atoms with Crippen molar-refractivity contribution in [2.45, 2.75) is 19.8 Å². The summed E-state index contributed by atoms with van der Waals surface area (Å²) in [6.07, 6.45) is 0.640. The third-order valence-corrected chi connectivity index (χ3v) is 2.82. The summed E-state index contributed by atoms with van der Waals surface area (Å²) >= 11 is 0. The Labute approximate surface area is 110 Å². The van der Waals surface area contributed by atoms with E-state index in [2.05, 4.69) is 15.8 Å². The number of hydrazone groups is 1. The lowest BCUT2D eigenvalue weighted by atomic mass is 10.1. The lowest BCUT2D eigenvalue weighted by Crippen LogP contribution is -2.32. The number of hydrogen-bond donors (Lipinski definition) is 2. The van der Waals surface area contributed by atoms with Crippen molar-refractivity contribution in [2.24, 2.45) is 5.10 Å². The summed E-state index contributed by atoms with van der Waals surface area (Å²) in [5.74, 6) is 0.293. The largest absolute Gasteiger partial charge is 0.496 e. The molecule has 2 amide bonds. The van der Waals surface area contributed by atoms with Crippen LogP contribution in [-0.2, 0) is 9.59 Å². The van der Waals surface area contributed by atoms with Gasteiger partial charge in [-0.15, -0.1) is 0 Å². The van der Waals surface area contributed by atoms with E-state index in [0.29, 0.717) is 17.8 Å². The summed E-state index contributed by atoms with van der Waals surface area (Å²) < 4.78 is 5.15. The zero-order chi connectivity index (χ0) is 13.8. The first-order valence-electron chi connectivity index (χ1n) is 5.91. The normalized spacial score (nSPS) is 14.4. The van der Waals surface area contributed by atoms with Gasteiger partial charge in [-0.3, -0.25) is 9.59 Å². The fourth-order valence-electron chi connectivity index (χ4n) is 1.80. The number of nitrogens with zero attached hydrogens (tertiary/aromatic N) is 1. The first-order chi connectivity index (χ1) is 9.10. The monoisotopic (exact) mass is 261 g/mol. The van der Waals surface area contributed by atoms with Crippen LogP contribution >= 0.6 is 0 Å². The molecule has 1 heterocycles. The fraction of sp³-hybridized carbons (Fsp3) is 0.308. The Balaban J connectivity index is 2.07. The Morgan fingerprint density at radius 2 is 2.21 bits per heavy atom. The molecule has 6 heteroatoms. The molecule has 1 aromatic carbocycles. The van der Waals surface area contributed by atoms with E-state index in [-0.39, 0.29) is 18.2 Å². The number of hydrogen-bond acceptors (Lipinski definition) is 4. The van der Waals surface area contributed by atoms with Crippen molar-refractivity contribution in [3.63, 3.8) is 0 Å². The molecule has 0 atom stereocenters. The van der Waals surface area contributed by atoms with Crippen LogP contribution < -0.4 is 15.5 Å². The number of nitrogens with one attached hydrogen (secondary N) is 2. The second-order valence-corrected chi connectivity index (χ2v) is 4.23. The maximum absolute atomic E-state index is 11.9. The van der Waals surface area contributed by atoms with Crippen molar-refractivity contribution in [1.29, 1.82) is 0 Å². The van der Waals surface area contributed by atoms with E-state index in [0.717, 1.165) is 11.3 Å². The summed E-state index contributed by atoms with van der Waals surface area (Å²) in [5, 5.41) is 6.49. The first kappa shape index (κ1) is 13.1. The van der Waals surface area contributed by atoms with Gasteiger partial charge in [-0.25, -0.2) is 5.43 Å². The van der Waals surface area contributed by atoms with E-state index in [4.69, 9.17) is 4.74 Å². The summed E-state index contributed by atoms with van der Waals surface area (Å²) in [6.45, 7) is 1.90. The molecule has 6 nitrogen and oxygen atoms in total. The molecule has 0 saturated heterocycles. The average molecular weight is 261 g/mol. The highest BCUT2D eigenvalue weighted by atomic mass is 16.5. The van der Waals surface area contributed by atoms with Gasteiger partial charge in [0, 0.05) is 18.5 Å². The van der Waals surface area contributed by atoms with Crippen LogP contribution in [0.1, 0.15) is 18.4 Å². The molecule has 0 aliphatic carbocycles. The third-order valence-electron chi connectivity index (χ3n) is 2.82. The molecule has 0 radical (unpaired) electrons. The molecule has 19 heavy (non-hydrogen) atoms. The van der Waals surface area contributed by atoms with E-state index >= 15 is 0 Å². The van der Waals surface area contributed by atoms with Crippen LogP contribution in [0.4, 0.5) is 5.69 Å². The number of methoxy groups -OCH3 is 1. The minimum atomic E-state index is -0.301. The first-order valence-corrected chi connectivity index (χ1v) is 5.91. The SMILES string of the molecule is COc1ccc(NC(=O)C2=NNC(=O)CC2)cc1C. The fourth-order valence-corrected chi connectivity index (χ4v) is 1.80. The highest BCUT2D eigenvalue weighted by molar-refractivity contribution is 6.43. The highest BCUT2D eigenvalue weighted by Crippen LogP contribution is 2.21. The molecule has 1 aliphatic heterocycles. The molecule has 0 fully saturated rings. The molecule has 1 aromatic rings. The van der Waals surface area contributed by atoms with Crippen LogP contribution in [0.15, 0.2) is 23.3 Å². The summed E-state index contributed by atoms with van der Waals surface area (Å²) in [4.78, 5) is 22.9. The van der Waals surface area contributed by atoms with Crippen LogP contribution in [0, 0.1) is 6.92 Å². The number of carbonyl (C=O) groups is 2. The van der Waals surface area contributed by atoms with Crippen molar-refractivity contribution in [2.75, 3.05) is 12.4 Å². The van der Waals surface area contributed by atoms with Gasteiger partial charge >= 0.3 is 0 Å². The summed E-state index contributed by atoms with van der Waals surface area (Å²) in [7, 11) is 1.60. The van der Waals surface area contributed by atoms with Gasteiger partial charge in [0.15, 0.2) is 0 Å². The van der Waals surface area contributed by atoms with Crippen molar-refractivity contribution in [1.82, 2.24) is 5.43 Å². The average Bonchev–Trinajstić information content (AvgIpc) is 2.39. The van der Waals surface area contributed by atoms with E-state index in [1.807, 2.05) is 13.0 Å². The van der Waals surface area contributed by atoms with Gasteiger partial charge < -0.3 is 10.1 Å². The van der Waals surface area contributed by atoms with Crippen molar-refractivity contribution >= 4 is 23.2 Å². The minimum absolute atomic E-state index is 0.170. The van der Waals surface area contributed by atoms with Crippen LogP contribution in [0.2, 0.25) is 0 Å². The summed E-state index contributed by atoms with van der Waals surface area (Å²) in [6, 6.07) is 5.36. The number of anilines is 1. The number of ether oxygens (including phenoxy) is 1. The molecule has 0 unspecified atom stereocenters. The van der Waals surface area contributed by atoms with Crippen molar-refractivity contribution < 1.29 is 14.3 Å². The van der Waals surface area contributed by atoms with Crippen LogP contribution in [-0.4, -0.2) is 24.6 Å². The van der Waals surface area contributed by atoms with E-state index in [9.17, 15) is 9.59 Å². The Morgan fingerprint density at radius 1 is 1.42 bits per heavy atom. The maximum Gasteiger partial charge on any atom is 0.271 e. The Bertz CT molecular complexity index is 552. The second kappa shape index (κ2) is 5.51. The number of rotatable bonds is 3. The summed E-state index contributed by atoms with van der Waals surface area (Å²) in [5.41, 5.74) is 4.22. The lowest BCUT2D eigenvalue weighted by molar-refractivity contribution is -0.121. The predicted molar refractivity (Wildman–Crippen MR) is 71.2 cm³/mol. The molecule has 0 bridgehead atoms. The van der Waals surface area contributed by atoms with Crippen LogP contribution in [0.3, 0.4) is 0 Å². The molecule has 2 N–H and O–H groups in total. The van der Waals surface area contributed by atoms with Crippen LogP contribution in [0.5, 0.6) is 5.75 Å². The van der Waals surface area contributed by atoms with E-state index < -0.39 is 0 Å². The molecule has 1 aliphatic rings. The van der Waals surface area contributed by atoms with Gasteiger partial charge in [-0.05, 0) is 30.7 Å². The molecule has 100 valence electrons. The molecular weight excluding hydrogens is 246 g/mol. The predicted octanol–water partition coefficient (Wildman–Crippen LogP) is 1.21. The third kappa shape index (κ3) is 3.09. The molecular formula is C13H15N3O3. The van der Waals surface area contributed by atoms with Crippen molar-refractivity contribution in [3.8, 4) is 5.75 Å². The minimum Gasteiger partial charge on any atom is -0.496 e. The molecule has 0 spiro atoms. The van der Waals surface area contributed by atoms with Gasteiger partial charge in [-0.1, -0.05) is 0 Å². The quantitative estimate of drug-likeness (QED) is 0.858. The Kier molecular flexibility index (Phi) is 3.79. The van der Waals surface area contributed by atoms with E-state index in [1.165, 1.54) is 0 Å². The van der Waals surface area contributed by atoms with E-state index in [1.54, 1.807) is 19.2 Å². The van der Waals surface area contributed by atoms with Gasteiger partial charge in [0.1, 0.15) is 11.5 Å². The zero-order valence-corrected chi connectivity index (χ0v) is 10.8. The smallest absolute Gasteiger partial charge is 0.271 e. The second-order valence-electron chi connectivity index (χ2n) is 4.23. The maximum atomic E-state index is 11.9. The van der Waals surface area contributed by atoms with Gasteiger partial charge in [0.25, 0.3) is 5.91 Å². The van der Waals surface area contributed by atoms with Gasteiger partial charge in [0.05, 0.1) is 7.11 Å². The molecule has 2 rings (SSSR count). The van der Waals surface area contributed by atoms with Crippen molar-refractivity contribution in [3.05, 3.63) is 23.8 Å². The Morgan fingerprint density at radius 3 is 2.79 bits per heavy atom. The van der Waals surface area contributed by atoms with Crippen LogP contribution in [0.25, 0.3) is 0 Å². The Hall–Kier alpha value is -2.37. The van der Waals surface area contributed by atoms with Gasteiger partial charge in [-0.2, -0.15) is 5.10 Å². The molecule has 0 saturated carbocycles. The number of carbonyl (C=O) groups excluding carboxylic acids is 2. The molecule has 0 aromatic heterocycles. The number of aryl methyl sites for hydroxylation is 1. The van der Waals surface area contributed by atoms with Gasteiger partial charge in [0.2, 0.25) is 5.91 Å². The topological polar surface area (TPSA) is 79.8 Å². The number of benzene rings is 1. The zero-order valence-electron chi connectivity index (χ0n) is 10.8. The standard InChI is InChI=1S/C13H15N3O3/c1-8-7-9(3-5-11(8)19-2)14-13(18)10-4-6-12(17)16-15-10/h3,5,7H,4,6H2,1-2H3,(H,14,18)(H,16,17). The lowest BCUT2D eigenvalue weighted by Gasteiger charge is -2.13. The number of amides is 2.